The topological polar surface area (TPSA) is 52.2 Å². The minimum absolute atomic E-state index is 0. The van der Waals surface area contributed by atoms with E-state index in [9.17, 15) is 8.76 Å². The van der Waals surface area contributed by atoms with E-state index >= 15 is 0 Å². The second-order valence-electron chi connectivity index (χ2n) is 1.11. The molecule has 0 radical (unpaired) electrons. The van der Waals surface area contributed by atoms with Crippen LogP contribution >= 0.6 is 0 Å². The molecule has 0 saturated carbocycles. The first-order chi connectivity index (χ1) is 3.27. The Balaban J connectivity index is 0. The Hall–Kier alpha value is 1.07. The van der Waals surface area contributed by atoms with Crippen LogP contribution in [0.3, 0.4) is 0 Å². The van der Waals surface area contributed by atoms with Crippen LogP contribution < -0.4 is 34.9 Å². The Morgan fingerprint density at radius 2 is 2.25 bits per heavy atom. The summed E-state index contributed by atoms with van der Waals surface area (Å²) in [5, 5.41) is 2.71. The van der Waals surface area contributed by atoms with Gasteiger partial charge in [0, 0.05) is 12.3 Å². The number of rotatable bonds is 3. The van der Waals surface area contributed by atoms with Gasteiger partial charge in [-0.1, -0.05) is 11.1 Å². The Kier molecular flexibility index (Phi) is 11.9. The SMILES string of the molecule is CNCCS(=O)[O-].[Na+]. The van der Waals surface area contributed by atoms with Gasteiger partial charge in [0.2, 0.25) is 0 Å². The van der Waals surface area contributed by atoms with Crippen LogP contribution in [0.1, 0.15) is 0 Å². The Labute approximate surface area is 73.8 Å². The summed E-state index contributed by atoms with van der Waals surface area (Å²) in [6, 6.07) is 0. The van der Waals surface area contributed by atoms with Crippen molar-refractivity contribution in [3.8, 4) is 0 Å². The van der Waals surface area contributed by atoms with E-state index in [0.29, 0.717) is 6.54 Å². The zero-order valence-electron chi connectivity index (χ0n) is 5.14. The zero-order valence-corrected chi connectivity index (χ0v) is 7.96. The Bertz CT molecular complexity index is 70.3. The molecule has 0 amide bonds. The van der Waals surface area contributed by atoms with Gasteiger partial charge in [0.05, 0.1) is 0 Å². The van der Waals surface area contributed by atoms with Crippen molar-refractivity contribution in [2.45, 2.75) is 0 Å². The number of nitrogens with one attached hydrogen (secondary N) is 1. The Morgan fingerprint density at radius 1 is 1.75 bits per heavy atom. The third-order valence-corrected chi connectivity index (χ3v) is 1.06. The second kappa shape index (κ2) is 8.07. The molecular formula is C3H8NNaO2S. The van der Waals surface area contributed by atoms with Gasteiger partial charge in [-0.25, -0.2) is 0 Å². The van der Waals surface area contributed by atoms with E-state index in [-0.39, 0.29) is 35.3 Å². The molecule has 8 heavy (non-hydrogen) atoms. The molecular weight excluding hydrogens is 137 g/mol. The molecule has 0 aliphatic heterocycles. The molecule has 0 fully saturated rings. The summed E-state index contributed by atoms with van der Waals surface area (Å²) in [4.78, 5) is 0. The Morgan fingerprint density at radius 3 is 2.38 bits per heavy atom. The molecule has 0 aliphatic carbocycles. The van der Waals surface area contributed by atoms with Crippen LogP contribution in [-0.2, 0) is 11.1 Å². The standard InChI is InChI=1S/C3H9NO2S.Na/c1-4-2-3-7(5)6;/h4H,2-3H2,1H3,(H,5,6);/q;+1/p-1. The first kappa shape index (κ1) is 11.8. The molecule has 0 heterocycles. The van der Waals surface area contributed by atoms with Gasteiger partial charge >= 0.3 is 29.6 Å². The average Bonchev–Trinajstić information content (AvgIpc) is 1.61. The van der Waals surface area contributed by atoms with E-state index in [1.165, 1.54) is 0 Å². The molecule has 1 N–H and O–H groups in total. The van der Waals surface area contributed by atoms with Crippen LogP contribution in [0.4, 0.5) is 0 Å². The van der Waals surface area contributed by atoms with Crippen molar-refractivity contribution in [2.75, 3.05) is 19.3 Å². The quantitative estimate of drug-likeness (QED) is 0.326. The third kappa shape index (κ3) is 10.1. The fourth-order valence-electron chi connectivity index (χ4n) is 0.185. The van der Waals surface area contributed by atoms with E-state index < -0.39 is 11.1 Å². The van der Waals surface area contributed by atoms with Crippen molar-refractivity contribution >= 4 is 11.1 Å². The summed E-state index contributed by atoms with van der Waals surface area (Å²) in [5.74, 6) is 0.205. The van der Waals surface area contributed by atoms with Gasteiger partial charge < -0.3 is 9.87 Å². The molecule has 1 atom stereocenters. The van der Waals surface area contributed by atoms with Crippen molar-refractivity contribution < 1.29 is 38.3 Å². The predicted octanol–water partition coefficient (Wildman–Crippen LogP) is -3.91. The van der Waals surface area contributed by atoms with E-state index in [0.717, 1.165) is 0 Å². The summed E-state index contributed by atoms with van der Waals surface area (Å²) < 4.78 is 19.4. The maximum Gasteiger partial charge on any atom is 1.00 e. The van der Waals surface area contributed by atoms with Gasteiger partial charge in [-0.3, -0.25) is 4.21 Å². The van der Waals surface area contributed by atoms with Crippen molar-refractivity contribution in [3.05, 3.63) is 0 Å². The van der Waals surface area contributed by atoms with Gasteiger partial charge in [0.25, 0.3) is 0 Å². The fourth-order valence-corrected chi connectivity index (χ4v) is 0.556. The molecule has 0 aromatic rings. The van der Waals surface area contributed by atoms with Gasteiger partial charge in [0.1, 0.15) is 0 Å². The van der Waals surface area contributed by atoms with Crippen molar-refractivity contribution in [3.63, 3.8) is 0 Å². The first-order valence-corrected chi connectivity index (χ1v) is 3.22. The van der Waals surface area contributed by atoms with Crippen molar-refractivity contribution in [2.24, 2.45) is 0 Å². The summed E-state index contributed by atoms with van der Waals surface area (Å²) >= 11 is -1.88. The molecule has 0 bridgehead atoms. The van der Waals surface area contributed by atoms with Crippen molar-refractivity contribution in [1.82, 2.24) is 5.32 Å². The summed E-state index contributed by atoms with van der Waals surface area (Å²) in [5.41, 5.74) is 0. The van der Waals surface area contributed by atoms with Crippen LogP contribution in [0.15, 0.2) is 0 Å². The zero-order chi connectivity index (χ0) is 5.70. The molecule has 0 rings (SSSR count). The van der Waals surface area contributed by atoms with Crippen LogP contribution in [0.2, 0.25) is 0 Å². The van der Waals surface area contributed by atoms with Gasteiger partial charge in [0.15, 0.2) is 0 Å². The second-order valence-corrected chi connectivity index (χ2v) is 2.13. The molecule has 0 aromatic carbocycles. The van der Waals surface area contributed by atoms with E-state index in [4.69, 9.17) is 0 Å². The van der Waals surface area contributed by atoms with Crippen LogP contribution in [0, 0.1) is 0 Å². The smallest absolute Gasteiger partial charge is 0.772 e. The van der Waals surface area contributed by atoms with Crippen LogP contribution in [0.5, 0.6) is 0 Å². The molecule has 3 nitrogen and oxygen atoms in total. The summed E-state index contributed by atoms with van der Waals surface area (Å²) in [6.07, 6.45) is 0. The van der Waals surface area contributed by atoms with Crippen LogP contribution in [-0.4, -0.2) is 28.1 Å². The van der Waals surface area contributed by atoms with Crippen LogP contribution in [0.25, 0.3) is 0 Å². The average molecular weight is 145 g/mol. The molecule has 0 saturated heterocycles. The van der Waals surface area contributed by atoms with E-state index in [1.54, 1.807) is 7.05 Å². The van der Waals surface area contributed by atoms with Gasteiger partial charge in [-0.2, -0.15) is 0 Å². The largest absolute Gasteiger partial charge is 1.00 e. The molecule has 0 aliphatic rings. The number of hydrogen-bond acceptors (Lipinski definition) is 3. The normalized spacial score (nSPS) is 12.2. The summed E-state index contributed by atoms with van der Waals surface area (Å²) in [6.45, 7) is 0.538. The van der Waals surface area contributed by atoms with E-state index in [1.807, 2.05) is 0 Å². The third-order valence-electron chi connectivity index (χ3n) is 0.519. The van der Waals surface area contributed by atoms with Gasteiger partial charge in [-0.15, -0.1) is 0 Å². The molecule has 1 unspecified atom stereocenters. The maximum absolute atomic E-state index is 9.72. The minimum atomic E-state index is -1.88. The van der Waals surface area contributed by atoms with Gasteiger partial charge in [-0.05, 0) is 7.05 Å². The molecule has 0 aromatic heterocycles. The maximum atomic E-state index is 9.72. The molecule has 0 spiro atoms. The first-order valence-electron chi connectivity index (χ1n) is 1.98. The monoisotopic (exact) mass is 145 g/mol. The van der Waals surface area contributed by atoms with Crippen molar-refractivity contribution in [1.29, 1.82) is 0 Å². The summed E-state index contributed by atoms with van der Waals surface area (Å²) in [7, 11) is 1.72. The molecule has 5 heteroatoms. The van der Waals surface area contributed by atoms with E-state index in [2.05, 4.69) is 5.32 Å². The fraction of sp³-hybridized carbons (Fsp3) is 1.00. The number of hydrogen-bond donors (Lipinski definition) is 1. The molecule has 44 valence electrons. The predicted molar refractivity (Wildman–Crippen MR) is 27.7 cm³/mol. The minimum Gasteiger partial charge on any atom is -0.772 e.